The van der Waals surface area contributed by atoms with E-state index in [-0.39, 0.29) is 17.1 Å². The Hall–Kier alpha value is -1.01. The molecule has 6 atom stereocenters. The van der Waals surface area contributed by atoms with Crippen molar-refractivity contribution in [3.63, 3.8) is 0 Å². The first-order valence-corrected chi connectivity index (χ1v) is 12.6. The topological polar surface area (TPSA) is 88.5 Å². The summed E-state index contributed by atoms with van der Waals surface area (Å²) in [5.74, 6) is 0.278. The molecular weight excluding hydrogens is 376 g/mol. The fourth-order valence-corrected chi connectivity index (χ4v) is 8.11. The van der Waals surface area contributed by atoms with Gasteiger partial charge in [0.05, 0.1) is 0 Å². The third-order valence-electron chi connectivity index (χ3n) is 8.97. The van der Waals surface area contributed by atoms with Crippen LogP contribution in [0.2, 0.25) is 0 Å². The van der Waals surface area contributed by atoms with Crippen LogP contribution in [0, 0.1) is 28.6 Å². The zero-order valence-electron chi connectivity index (χ0n) is 17.2. The number of hydrogen-bond acceptors (Lipinski definition) is 5. The maximum absolute atomic E-state index is 12.9. The van der Waals surface area contributed by atoms with E-state index in [0.29, 0.717) is 24.7 Å². The van der Waals surface area contributed by atoms with Crippen molar-refractivity contribution >= 4 is 21.4 Å². The molecule has 4 rings (SSSR count). The molecule has 0 bridgehead atoms. The molecule has 156 valence electrons. The van der Waals surface area contributed by atoms with E-state index in [2.05, 4.69) is 6.92 Å². The van der Waals surface area contributed by atoms with Crippen LogP contribution in [0.4, 0.5) is 0 Å². The molecular formula is C22H32O5S. The number of carbonyl (C=O) groups is 2. The molecule has 0 saturated heterocycles. The monoisotopic (exact) mass is 408 g/mol. The first-order valence-electron chi connectivity index (χ1n) is 10.6. The normalized spacial score (nSPS) is 45.6. The van der Waals surface area contributed by atoms with Gasteiger partial charge in [-0.2, -0.15) is 0 Å². The van der Waals surface area contributed by atoms with Crippen molar-refractivity contribution in [2.45, 2.75) is 70.8 Å². The highest BCUT2D eigenvalue weighted by Crippen LogP contribution is 2.67. The number of Topliss-reactive ketones (excluding diaryl/α,β-unsaturated/α-hetero) is 1. The van der Waals surface area contributed by atoms with Gasteiger partial charge in [-0.1, -0.05) is 19.4 Å². The van der Waals surface area contributed by atoms with Crippen molar-refractivity contribution in [1.29, 1.82) is 0 Å². The highest BCUT2D eigenvalue weighted by Gasteiger charge is 2.66. The van der Waals surface area contributed by atoms with Gasteiger partial charge in [-0.3, -0.25) is 9.59 Å². The zero-order chi connectivity index (χ0) is 20.5. The van der Waals surface area contributed by atoms with E-state index in [1.54, 1.807) is 0 Å². The van der Waals surface area contributed by atoms with Crippen LogP contribution >= 0.6 is 0 Å². The Morgan fingerprint density at radius 1 is 1.11 bits per heavy atom. The minimum atomic E-state index is -3.47. The van der Waals surface area contributed by atoms with E-state index in [9.17, 15) is 23.1 Å². The Morgan fingerprint density at radius 2 is 1.79 bits per heavy atom. The largest absolute Gasteiger partial charge is 0.381 e. The van der Waals surface area contributed by atoms with Crippen molar-refractivity contribution in [1.82, 2.24) is 0 Å². The van der Waals surface area contributed by atoms with Crippen molar-refractivity contribution in [3.05, 3.63) is 11.6 Å². The van der Waals surface area contributed by atoms with E-state index in [1.165, 1.54) is 5.57 Å². The lowest BCUT2D eigenvalue weighted by Crippen LogP contribution is -2.58. The van der Waals surface area contributed by atoms with Gasteiger partial charge >= 0.3 is 0 Å². The van der Waals surface area contributed by atoms with Crippen molar-refractivity contribution in [2.75, 3.05) is 12.0 Å². The lowest BCUT2D eigenvalue weighted by Gasteiger charge is -2.58. The maximum Gasteiger partial charge on any atom is 0.179 e. The fourth-order valence-electron chi connectivity index (χ4n) is 7.39. The highest BCUT2D eigenvalue weighted by molar-refractivity contribution is 7.91. The van der Waals surface area contributed by atoms with Crippen molar-refractivity contribution < 1.29 is 23.1 Å². The fraction of sp³-hybridized carbons (Fsp3) is 0.818. The van der Waals surface area contributed by atoms with Gasteiger partial charge in [0.2, 0.25) is 0 Å². The minimum Gasteiger partial charge on any atom is -0.381 e. The molecule has 4 aliphatic carbocycles. The van der Waals surface area contributed by atoms with E-state index in [4.69, 9.17) is 0 Å². The average molecular weight is 409 g/mol. The Morgan fingerprint density at radius 3 is 2.46 bits per heavy atom. The predicted octanol–water partition coefficient (Wildman–Crippen LogP) is 2.86. The number of rotatable bonds is 3. The van der Waals surface area contributed by atoms with E-state index >= 15 is 0 Å². The summed E-state index contributed by atoms with van der Waals surface area (Å²) in [7, 11) is -3.47. The summed E-state index contributed by atoms with van der Waals surface area (Å²) in [6.07, 6.45) is 9.18. The maximum atomic E-state index is 12.9. The number of ketones is 2. The van der Waals surface area contributed by atoms with Gasteiger partial charge in [0.1, 0.15) is 11.4 Å². The van der Waals surface area contributed by atoms with Crippen LogP contribution in [0.5, 0.6) is 0 Å². The SMILES string of the molecule is C[C@]12CCC(=O)C=C1CCC1C2CC[C@@]2(C)C1CC[C@]2(O)C(=O)CS(C)(=O)=O. The smallest absolute Gasteiger partial charge is 0.179 e. The van der Waals surface area contributed by atoms with Gasteiger partial charge in [0.15, 0.2) is 21.4 Å². The molecule has 4 aliphatic rings. The molecule has 0 aromatic carbocycles. The van der Waals surface area contributed by atoms with E-state index in [1.807, 2.05) is 13.0 Å². The van der Waals surface area contributed by atoms with Crippen LogP contribution in [0.1, 0.15) is 65.2 Å². The van der Waals surface area contributed by atoms with E-state index < -0.39 is 32.4 Å². The molecule has 5 nitrogen and oxygen atoms in total. The summed E-state index contributed by atoms with van der Waals surface area (Å²) in [6, 6.07) is 0. The third kappa shape index (κ3) is 2.78. The Balaban J connectivity index is 1.65. The molecule has 0 aliphatic heterocycles. The first kappa shape index (κ1) is 20.3. The van der Waals surface area contributed by atoms with Gasteiger partial charge in [-0.05, 0) is 74.2 Å². The second kappa shape index (κ2) is 6.24. The van der Waals surface area contributed by atoms with Gasteiger partial charge in [0.25, 0.3) is 0 Å². The lowest BCUT2D eigenvalue weighted by molar-refractivity contribution is -0.159. The van der Waals surface area contributed by atoms with Crippen LogP contribution in [-0.2, 0) is 19.4 Å². The number of sulfone groups is 1. The quantitative estimate of drug-likeness (QED) is 0.776. The Kier molecular flexibility index (Phi) is 4.52. The zero-order valence-corrected chi connectivity index (χ0v) is 18.0. The van der Waals surface area contributed by atoms with Gasteiger partial charge < -0.3 is 5.11 Å². The van der Waals surface area contributed by atoms with Gasteiger partial charge in [-0.25, -0.2) is 8.42 Å². The number of carbonyl (C=O) groups excluding carboxylic acids is 2. The average Bonchev–Trinajstić information content (AvgIpc) is 2.87. The predicted molar refractivity (Wildman–Crippen MR) is 106 cm³/mol. The second-order valence-electron chi connectivity index (χ2n) is 10.3. The molecule has 0 aromatic heterocycles. The number of aliphatic hydroxyl groups is 1. The van der Waals surface area contributed by atoms with Crippen molar-refractivity contribution in [2.24, 2.45) is 28.6 Å². The molecule has 0 spiro atoms. The number of allylic oxidation sites excluding steroid dienone is 1. The summed E-state index contributed by atoms with van der Waals surface area (Å²) in [4.78, 5) is 24.8. The summed E-state index contributed by atoms with van der Waals surface area (Å²) in [5, 5.41) is 11.4. The molecule has 0 amide bonds. The van der Waals surface area contributed by atoms with Crippen LogP contribution < -0.4 is 0 Å². The van der Waals surface area contributed by atoms with Crippen LogP contribution in [0.25, 0.3) is 0 Å². The molecule has 3 saturated carbocycles. The molecule has 0 aromatic rings. The van der Waals surface area contributed by atoms with Gasteiger partial charge in [0, 0.05) is 18.1 Å². The highest BCUT2D eigenvalue weighted by atomic mass is 32.2. The summed E-state index contributed by atoms with van der Waals surface area (Å²) >= 11 is 0. The molecule has 6 heteroatoms. The van der Waals surface area contributed by atoms with Crippen molar-refractivity contribution in [3.8, 4) is 0 Å². The molecule has 0 radical (unpaired) electrons. The molecule has 3 unspecified atom stereocenters. The number of fused-ring (bicyclic) bond motifs is 5. The molecule has 0 heterocycles. The summed E-state index contributed by atoms with van der Waals surface area (Å²) in [5.41, 5.74) is -0.742. The van der Waals surface area contributed by atoms with E-state index in [0.717, 1.165) is 44.8 Å². The minimum absolute atomic E-state index is 0.0512. The van der Waals surface area contributed by atoms with Crippen LogP contribution in [-0.4, -0.2) is 42.7 Å². The molecule has 1 N–H and O–H groups in total. The summed E-state index contributed by atoms with van der Waals surface area (Å²) in [6.45, 7) is 4.32. The summed E-state index contributed by atoms with van der Waals surface area (Å²) < 4.78 is 23.4. The number of hydrogen-bond donors (Lipinski definition) is 1. The Labute approximate surface area is 167 Å². The first-order chi connectivity index (χ1) is 12.9. The lowest BCUT2D eigenvalue weighted by atomic mass is 9.46. The third-order valence-corrected chi connectivity index (χ3v) is 9.75. The van der Waals surface area contributed by atoms with Crippen LogP contribution in [0.3, 0.4) is 0 Å². The van der Waals surface area contributed by atoms with Gasteiger partial charge in [-0.15, -0.1) is 0 Å². The Bertz CT molecular complexity index is 858. The molecule has 3 fully saturated rings. The standard InChI is InChI=1S/C22H32O5S/c1-20-9-6-15(23)12-14(20)4-5-16-17(20)7-10-21(2)18(16)8-11-22(21,25)19(24)13-28(3,26)27/h12,16-18,25H,4-11,13H2,1-3H3/t16?,17?,18?,20-,21-,22-/m0/s1. The second-order valence-corrected chi connectivity index (χ2v) is 12.5. The van der Waals surface area contributed by atoms with Crippen LogP contribution in [0.15, 0.2) is 11.6 Å². The molecule has 28 heavy (non-hydrogen) atoms.